The molecular formula is C7H15N3O3S. The number of hydrogen-bond acceptors (Lipinski definition) is 3. The lowest BCUT2D eigenvalue weighted by Gasteiger charge is -2.15. The molecule has 1 unspecified atom stereocenters. The van der Waals surface area contributed by atoms with Gasteiger partial charge in [0.2, 0.25) is 5.91 Å². The van der Waals surface area contributed by atoms with Gasteiger partial charge in [-0.15, -0.1) is 0 Å². The highest BCUT2D eigenvalue weighted by molar-refractivity contribution is 7.87. The Morgan fingerprint density at radius 1 is 1.57 bits per heavy atom. The maximum Gasteiger partial charge on any atom is 0.279 e. The minimum absolute atomic E-state index is 0.0148. The Morgan fingerprint density at radius 3 is 2.64 bits per heavy atom. The molecule has 0 aliphatic carbocycles. The van der Waals surface area contributed by atoms with Gasteiger partial charge in [0.05, 0.1) is 0 Å². The van der Waals surface area contributed by atoms with E-state index in [1.807, 2.05) is 0 Å². The van der Waals surface area contributed by atoms with E-state index in [0.717, 1.165) is 4.31 Å². The van der Waals surface area contributed by atoms with Gasteiger partial charge in [-0.2, -0.15) is 12.7 Å². The van der Waals surface area contributed by atoms with Crippen LogP contribution in [-0.4, -0.2) is 45.3 Å². The van der Waals surface area contributed by atoms with Crippen LogP contribution in [0.2, 0.25) is 0 Å². The molecular weight excluding hydrogens is 206 g/mol. The highest BCUT2D eigenvalue weighted by Crippen LogP contribution is 2.05. The van der Waals surface area contributed by atoms with Crippen molar-refractivity contribution in [1.82, 2.24) is 14.3 Å². The average molecular weight is 221 g/mol. The number of amides is 1. The molecule has 7 heteroatoms. The second kappa shape index (κ2) is 4.24. The summed E-state index contributed by atoms with van der Waals surface area (Å²) in [5, 5.41) is 2.68. The lowest BCUT2D eigenvalue weighted by atomic mass is 10.2. The zero-order chi connectivity index (χ0) is 10.8. The standard InChI is InChI=1S/C7H15N3O3S/c1-10(2)14(12,13)8-5-6-3-4-7(11)9-6/h6,8H,3-5H2,1-2H3,(H,9,11). The van der Waals surface area contributed by atoms with Crippen LogP contribution in [0.15, 0.2) is 0 Å². The molecule has 2 N–H and O–H groups in total. The molecule has 1 amide bonds. The Labute approximate surface area is 83.8 Å². The van der Waals surface area contributed by atoms with Crippen molar-refractivity contribution in [3.8, 4) is 0 Å². The molecule has 6 nitrogen and oxygen atoms in total. The van der Waals surface area contributed by atoms with Crippen LogP contribution in [0.3, 0.4) is 0 Å². The van der Waals surface area contributed by atoms with Crippen LogP contribution in [0.1, 0.15) is 12.8 Å². The van der Waals surface area contributed by atoms with Gasteiger partial charge in [0.25, 0.3) is 10.2 Å². The normalized spacial score (nSPS) is 22.8. The molecule has 0 aromatic carbocycles. The summed E-state index contributed by atoms with van der Waals surface area (Å²) < 4.78 is 26.0. The van der Waals surface area contributed by atoms with Crippen LogP contribution in [0.5, 0.6) is 0 Å². The Hall–Kier alpha value is -0.660. The quantitative estimate of drug-likeness (QED) is 0.617. The first-order valence-electron chi connectivity index (χ1n) is 4.38. The lowest BCUT2D eigenvalue weighted by molar-refractivity contribution is -0.119. The molecule has 1 fully saturated rings. The Balaban J connectivity index is 2.38. The Kier molecular flexibility index (Phi) is 3.46. The van der Waals surface area contributed by atoms with Crippen molar-refractivity contribution in [3.63, 3.8) is 0 Å². The predicted molar refractivity (Wildman–Crippen MR) is 51.8 cm³/mol. The number of nitrogens with one attached hydrogen (secondary N) is 2. The molecule has 1 aliphatic heterocycles. The maximum absolute atomic E-state index is 11.3. The molecule has 14 heavy (non-hydrogen) atoms. The second-order valence-electron chi connectivity index (χ2n) is 3.44. The topological polar surface area (TPSA) is 78.5 Å². The second-order valence-corrected chi connectivity index (χ2v) is 5.41. The third-order valence-corrected chi connectivity index (χ3v) is 3.57. The zero-order valence-corrected chi connectivity index (χ0v) is 9.10. The Morgan fingerprint density at radius 2 is 2.21 bits per heavy atom. The van der Waals surface area contributed by atoms with Crippen molar-refractivity contribution in [2.24, 2.45) is 0 Å². The summed E-state index contributed by atoms with van der Waals surface area (Å²) in [6, 6.07) is -0.0720. The number of carbonyl (C=O) groups is 1. The summed E-state index contributed by atoms with van der Waals surface area (Å²) in [6.45, 7) is 0.256. The van der Waals surface area contributed by atoms with Gasteiger partial charge in [0.1, 0.15) is 0 Å². The average Bonchev–Trinajstić information content (AvgIpc) is 2.48. The summed E-state index contributed by atoms with van der Waals surface area (Å²) >= 11 is 0. The number of rotatable bonds is 4. The van der Waals surface area contributed by atoms with Crippen molar-refractivity contribution in [2.75, 3.05) is 20.6 Å². The summed E-state index contributed by atoms with van der Waals surface area (Å²) in [5.41, 5.74) is 0. The molecule has 0 radical (unpaired) electrons. The number of nitrogens with zero attached hydrogens (tertiary/aromatic N) is 1. The highest BCUT2D eigenvalue weighted by Gasteiger charge is 2.22. The van der Waals surface area contributed by atoms with E-state index in [9.17, 15) is 13.2 Å². The van der Waals surface area contributed by atoms with Gasteiger partial charge in [-0.25, -0.2) is 4.72 Å². The van der Waals surface area contributed by atoms with E-state index in [0.29, 0.717) is 12.8 Å². The van der Waals surface area contributed by atoms with Gasteiger partial charge >= 0.3 is 0 Å². The van der Waals surface area contributed by atoms with Crippen molar-refractivity contribution < 1.29 is 13.2 Å². The van der Waals surface area contributed by atoms with E-state index in [1.54, 1.807) is 0 Å². The molecule has 1 atom stereocenters. The molecule has 1 rings (SSSR count). The first-order valence-corrected chi connectivity index (χ1v) is 5.82. The third kappa shape index (κ3) is 2.93. The van der Waals surface area contributed by atoms with Crippen LogP contribution < -0.4 is 10.0 Å². The van der Waals surface area contributed by atoms with E-state index in [2.05, 4.69) is 10.0 Å². The fourth-order valence-electron chi connectivity index (χ4n) is 1.17. The van der Waals surface area contributed by atoms with E-state index >= 15 is 0 Å². The van der Waals surface area contributed by atoms with Gasteiger partial charge < -0.3 is 5.32 Å². The monoisotopic (exact) mass is 221 g/mol. The van der Waals surface area contributed by atoms with Crippen molar-refractivity contribution in [3.05, 3.63) is 0 Å². The van der Waals surface area contributed by atoms with Crippen LogP contribution in [0.4, 0.5) is 0 Å². The maximum atomic E-state index is 11.3. The smallest absolute Gasteiger partial charge is 0.279 e. The molecule has 1 heterocycles. The first-order chi connectivity index (χ1) is 6.42. The van der Waals surface area contributed by atoms with Crippen LogP contribution in [-0.2, 0) is 15.0 Å². The van der Waals surface area contributed by atoms with Gasteiger partial charge in [-0.3, -0.25) is 4.79 Å². The SMILES string of the molecule is CN(C)S(=O)(=O)NCC1CCC(=O)N1. The molecule has 0 aromatic heterocycles. The number of carbonyl (C=O) groups excluding carboxylic acids is 1. The zero-order valence-electron chi connectivity index (χ0n) is 8.28. The summed E-state index contributed by atoms with van der Waals surface area (Å²) in [5.74, 6) is -0.0148. The fourth-order valence-corrected chi connectivity index (χ4v) is 1.84. The summed E-state index contributed by atoms with van der Waals surface area (Å²) in [6.07, 6.45) is 1.17. The molecule has 0 aromatic rings. The van der Waals surface area contributed by atoms with Gasteiger partial charge in [0, 0.05) is 33.1 Å². The van der Waals surface area contributed by atoms with Crippen molar-refractivity contribution in [2.45, 2.75) is 18.9 Å². The first kappa shape index (κ1) is 11.4. The minimum Gasteiger partial charge on any atom is -0.352 e. The molecule has 0 saturated carbocycles. The van der Waals surface area contributed by atoms with E-state index in [-0.39, 0.29) is 18.5 Å². The van der Waals surface area contributed by atoms with E-state index in [4.69, 9.17) is 0 Å². The summed E-state index contributed by atoms with van der Waals surface area (Å²) in [4.78, 5) is 10.8. The predicted octanol–water partition coefficient (Wildman–Crippen LogP) is -1.34. The molecule has 1 saturated heterocycles. The van der Waals surface area contributed by atoms with Crippen molar-refractivity contribution in [1.29, 1.82) is 0 Å². The highest BCUT2D eigenvalue weighted by atomic mass is 32.2. The largest absolute Gasteiger partial charge is 0.352 e. The molecule has 82 valence electrons. The van der Waals surface area contributed by atoms with Gasteiger partial charge in [-0.05, 0) is 6.42 Å². The van der Waals surface area contributed by atoms with Crippen LogP contribution in [0.25, 0.3) is 0 Å². The lowest BCUT2D eigenvalue weighted by Crippen LogP contribution is -2.42. The van der Waals surface area contributed by atoms with Crippen LogP contribution in [0, 0.1) is 0 Å². The molecule has 1 aliphatic rings. The van der Waals surface area contributed by atoms with Crippen molar-refractivity contribution >= 4 is 16.1 Å². The van der Waals surface area contributed by atoms with Gasteiger partial charge in [0.15, 0.2) is 0 Å². The van der Waals surface area contributed by atoms with E-state index in [1.165, 1.54) is 14.1 Å². The fraction of sp³-hybridized carbons (Fsp3) is 0.857. The Bertz CT molecular complexity index is 312. The summed E-state index contributed by atoms with van der Waals surface area (Å²) in [7, 11) is -0.463. The third-order valence-electron chi connectivity index (χ3n) is 2.08. The number of hydrogen-bond donors (Lipinski definition) is 2. The minimum atomic E-state index is -3.37. The van der Waals surface area contributed by atoms with E-state index < -0.39 is 10.2 Å². The van der Waals surface area contributed by atoms with Crippen LogP contribution >= 0.6 is 0 Å². The molecule has 0 bridgehead atoms. The molecule has 0 spiro atoms. The van der Waals surface area contributed by atoms with Gasteiger partial charge in [-0.1, -0.05) is 0 Å².